The molecule has 0 fully saturated rings. The van der Waals surface area contributed by atoms with Crippen LogP contribution in [0.4, 0.5) is 11.4 Å². The first kappa shape index (κ1) is 11.7. The summed E-state index contributed by atoms with van der Waals surface area (Å²) >= 11 is 0. The Labute approximate surface area is 103 Å². The lowest BCUT2D eigenvalue weighted by atomic mass is 10.3. The van der Waals surface area contributed by atoms with Gasteiger partial charge in [-0.05, 0) is 18.2 Å². The minimum absolute atomic E-state index is 0.0213. The van der Waals surface area contributed by atoms with Crippen LogP contribution >= 0.6 is 0 Å². The topological polar surface area (TPSA) is 80.4 Å². The molecule has 0 aliphatic heterocycles. The highest BCUT2D eigenvalue weighted by Gasteiger charge is 2.04. The van der Waals surface area contributed by atoms with Crippen LogP contribution in [-0.4, -0.2) is 16.1 Å². The minimum atomic E-state index is -0.451. The van der Waals surface area contributed by atoms with E-state index in [-0.39, 0.29) is 5.69 Å². The molecule has 1 N–H and O–H groups in total. The monoisotopic (exact) mass is 242 g/mol. The van der Waals surface area contributed by atoms with Gasteiger partial charge in [-0.1, -0.05) is 12.1 Å². The van der Waals surface area contributed by atoms with E-state index in [1.54, 1.807) is 30.6 Å². The van der Waals surface area contributed by atoms with Crippen molar-refractivity contribution in [1.82, 2.24) is 4.98 Å². The number of non-ortho nitro benzene ring substituents is 1. The number of aromatic nitrogens is 1. The Bertz CT molecular complexity index is 569. The van der Waals surface area contributed by atoms with Gasteiger partial charge in [-0.25, -0.2) is 0 Å². The highest BCUT2D eigenvalue weighted by Crippen LogP contribution is 2.16. The standard InChI is InChI=1S/C12H10N4O2/c17-16(18)12-6-3-5-10(8-12)15-14-9-11-4-1-2-7-13-11/h1-9,15H/b14-9-. The van der Waals surface area contributed by atoms with Crippen molar-refractivity contribution in [3.8, 4) is 0 Å². The van der Waals surface area contributed by atoms with Gasteiger partial charge in [0.15, 0.2) is 0 Å². The van der Waals surface area contributed by atoms with Crippen LogP contribution in [0.1, 0.15) is 5.69 Å². The van der Waals surface area contributed by atoms with E-state index in [0.717, 1.165) is 0 Å². The van der Waals surface area contributed by atoms with Crippen molar-refractivity contribution in [2.24, 2.45) is 5.10 Å². The van der Waals surface area contributed by atoms with E-state index < -0.39 is 4.92 Å². The van der Waals surface area contributed by atoms with E-state index in [2.05, 4.69) is 15.5 Å². The van der Waals surface area contributed by atoms with Crippen LogP contribution in [0.3, 0.4) is 0 Å². The van der Waals surface area contributed by atoms with Gasteiger partial charge in [0.2, 0.25) is 0 Å². The van der Waals surface area contributed by atoms with Gasteiger partial charge < -0.3 is 0 Å². The third-order valence-electron chi connectivity index (χ3n) is 2.14. The summed E-state index contributed by atoms with van der Waals surface area (Å²) in [5.74, 6) is 0. The number of anilines is 1. The number of nitrogens with one attached hydrogen (secondary N) is 1. The number of benzene rings is 1. The van der Waals surface area contributed by atoms with E-state index in [9.17, 15) is 10.1 Å². The molecular weight excluding hydrogens is 232 g/mol. The fraction of sp³-hybridized carbons (Fsp3) is 0. The van der Waals surface area contributed by atoms with E-state index >= 15 is 0 Å². The molecule has 6 heteroatoms. The van der Waals surface area contributed by atoms with Gasteiger partial charge in [0, 0.05) is 18.3 Å². The maximum Gasteiger partial charge on any atom is 0.271 e. The Kier molecular flexibility index (Phi) is 3.60. The molecule has 1 aromatic heterocycles. The van der Waals surface area contributed by atoms with Crippen LogP contribution in [0.15, 0.2) is 53.8 Å². The summed E-state index contributed by atoms with van der Waals surface area (Å²) < 4.78 is 0. The summed E-state index contributed by atoms with van der Waals surface area (Å²) in [4.78, 5) is 14.2. The summed E-state index contributed by atoms with van der Waals surface area (Å²) in [6.07, 6.45) is 3.20. The number of nitrogens with zero attached hydrogens (tertiary/aromatic N) is 3. The zero-order chi connectivity index (χ0) is 12.8. The second-order valence-electron chi connectivity index (χ2n) is 3.43. The molecule has 0 unspecified atom stereocenters. The Morgan fingerprint density at radius 1 is 1.28 bits per heavy atom. The summed E-state index contributed by atoms with van der Waals surface area (Å²) in [5.41, 5.74) is 3.99. The number of pyridine rings is 1. The molecule has 0 saturated carbocycles. The van der Waals surface area contributed by atoms with Crippen molar-refractivity contribution in [3.63, 3.8) is 0 Å². The van der Waals surface area contributed by atoms with Gasteiger partial charge in [-0.15, -0.1) is 0 Å². The number of hydrogen-bond donors (Lipinski definition) is 1. The second kappa shape index (κ2) is 5.53. The van der Waals surface area contributed by atoms with Gasteiger partial charge in [-0.2, -0.15) is 5.10 Å². The Hall–Kier alpha value is -2.76. The molecule has 0 aliphatic rings. The predicted octanol–water partition coefficient (Wildman–Crippen LogP) is 2.44. The first-order valence-electron chi connectivity index (χ1n) is 5.20. The summed E-state index contributed by atoms with van der Waals surface area (Å²) in [6.45, 7) is 0. The zero-order valence-electron chi connectivity index (χ0n) is 9.35. The predicted molar refractivity (Wildman–Crippen MR) is 68.6 cm³/mol. The van der Waals surface area contributed by atoms with Crippen LogP contribution in [0.5, 0.6) is 0 Å². The van der Waals surface area contributed by atoms with E-state index in [1.165, 1.54) is 12.1 Å². The maximum atomic E-state index is 10.6. The quantitative estimate of drug-likeness (QED) is 0.507. The number of hydrogen-bond acceptors (Lipinski definition) is 5. The molecule has 0 amide bonds. The van der Waals surface area contributed by atoms with Crippen molar-refractivity contribution in [1.29, 1.82) is 0 Å². The van der Waals surface area contributed by atoms with Crippen LogP contribution in [-0.2, 0) is 0 Å². The van der Waals surface area contributed by atoms with Crippen molar-refractivity contribution in [2.45, 2.75) is 0 Å². The smallest absolute Gasteiger partial charge is 0.271 e. The molecule has 0 spiro atoms. The van der Waals surface area contributed by atoms with Gasteiger partial charge in [0.25, 0.3) is 5.69 Å². The first-order chi connectivity index (χ1) is 8.75. The molecule has 0 bridgehead atoms. The fourth-order valence-electron chi connectivity index (χ4n) is 1.31. The van der Waals surface area contributed by atoms with Crippen LogP contribution < -0.4 is 5.43 Å². The lowest BCUT2D eigenvalue weighted by molar-refractivity contribution is -0.384. The molecule has 1 aromatic carbocycles. The highest BCUT2D eigenvalue weighted by atomic mass is 16.6. The molecule has 0 aliphatic carbocycles. The summed E-state index contributed by atoms with van der Waals surface area (Å²) in [7, 11) is 0. The Balaban J connectivity index is 2.04. The lowest BCUT2D eigenvalue weighted by Crippen LogP contribution is -1.93. The molecule has 2 aromatic rings. The molecule has 1 heterocycles. The van der Waals surface area contributed by atoms with E-state index in [1.807, 2.05) is 12.1 Å². The number of nitro benzene ring substituents is 1. The number of nitro groups is 1. The molecule has 18 heavy (non-hydrogen) atoms. The number of hydrazone groups is 1. The van der Waals surface area contributed by atoms with E-state index in [0.29, 0.717) is 11.4 Å². The lowest BCUT2D eigenvalue weighted by Gasteiger charge is -1.99. The fourth-order valence-corrected chi connectivity index (χ4v) is 1.31. The first-order valence-corrected chi connectivity index (χ1v) is 5.20. The summed E-state index contributed by atoms with van der Waals surface area (Å²) in [6, 6.07) is 11.6. The average molecular weight is 242 g/mol. The zero-order valence-corrected chi connectivity index (χ0v) is 9.35. The molecule has 90 valence electrons. The molecule has 0 atom stereocenters. The van der Waals surface area contributed by atoms with Crippen LogP contribution in [0.2, 0.25) is 0 Å². The molecule has 2 rings (SSSR count). The maximum absolute atomic E-state index is 10.6. The van der Waals surface area contributed by atoms with Gasteiger partial charge in [0.05, 0.1) is 22.5 Å². The third kappa shape index (κ3) is 3.11. The Morgan fingerprint density at radius 3 is 2.89 bits per heavy atom. The molecule has 0 saturated heterocycles. The SMILES string of the molecule is O=[N+]([O-])c1cccc(N/N=C\c2ccccn2)c1. The van der Waals surface area contributed by atoms with Gasteiger partial charge in [-0.3, -0.25) is 20.5 Å². The van der Waals surface area contributed by atoms with Crippen LogP contribution in [0, 0.1) is 10.1 Å². The molecule has 0 radical (unpaired) electrons. The third-order valence-corrected chi connectivity index (χ3v) is 2.14. The van der Waals surface area contributed by atoms with Crippen molar-refractivity contribution < 1.29 is 4.92 Å². The minimum Gasteiger partial charge on any atom is -0.278 e. The highest BCUT2D eigenvalue weighted by molar-refractivity contribution is 5.77. The average Bonchev–Trinajstić information content (AvgIpc) is 2.40. The molecule has 6 nitrogen and oxygen atoms in total. The van der Waals surface area contributed by atoms with Crippen molar-refractivity contribution >= 4 is 17.6 Å². The van der Waals surface area contributed by atoms with Gasteiger partial charge >= 0.3 is 0 Å². The van der Waals surface area contributed by atoms with Crippen molar-refractivity contribution in [3.05, 3.63) is 64.5 Å². The van der Waals surface area contributed by atoms with Crippen LogP contribution in [0.25, 0.3) is 0 Å². The Morgan fingerprint density at radius 2 is 2.17 bits per heavy atom. The van der Waals surface area contributed by atoms with E-state index in [4.69, 9.17) is 0 Å². The summed E-state index contributed by atoms with van der Waals surface area (Å²) in [5, 5.41) is 14.5. The normalized spacial score (nSPS) is 10.4. The van der Waals surface area contributed by atoms with Crippen molar-refractivity contribution in [2.75, 3.05) is 5.43 Å². The second-order valence-corrected chi connectivity index (χ2v) is 3.43. The largest absolute Gasteiger partial charge is 0.278 e. The number of rotatable bonds is 4. The van der Waals surface area contributed by atoms with Gasteiger partial charge in [0.1, 0.15) is 0 Å². The molecular formula is C12H10N4O2.